The molecule has 0 aliphatic carbocycles. The lowest BCUT2D eigenvalue weighted by Gasteiger charge is -2.43. The molecular weight excluding hydrogens is 238 g/mol. The summed E-state index contributed by atoms with van der Waals surface area (Å²) < 4.78 is 26.4. The van der Waals surface area contributed by atoms with E-state index in [1.54, 1.807) is 16.6 Å². The molecule has 3 N–H and O–H groups in total. The fraction of sp³-hybridized carbons (Fsp3) is 0.636. The van der Waals surface area contributed by atoms with Gasteiger partial charge in [0.2, 0.25) is 10.0 Å². The SMILES string of the molecule is CC1(C)CC(N)CCN1S(=O)(=O)c1cc[nH]c1. The van der Waals surface area contributed by atoms with Crippen molar-refractivity contribution >= 4 is 10.0 Å². The van der Waals surface area contributed by atoms with Crippen LogP contribution in [0.15, 0.2) is 23.4 Å². The summed E-state index contributed by atoms with van der Waals surface area (Å²) in [6, 6.07) is 1.67. The summed E-state index contributed by atoms with van der Waals surface area (Å²) in [5.74, 6) is 0. The van der Waals surface area contributed by atoms with Gasteiger partial charge in [-0.2, -0.15) is 4.31 Å². The van der Waals surface area contributed by atoms with E-state index in [0.717, 1.165) is 0 Å². The zero-order valence-corrected chi connectivity index (χ0v) is 11.0. The molecule has 1 aliphatic heterocycles. The number of sulfonamides is 1. The molecule has 96 valence electrons. The molecule has 6 heteroatoms. The maximum Gasteiger partial charge on any atom is 0.245 e. The van der Waals surface area contributed by atoms with Crippen molar-refractivity contribution in [1.29, 1.82) is 0 Å². The predicted octanol–water partition coefficient (Wildman–Crippen LogP) is 0.905. The normalized spacial score (nSPS) is 25.9. The Balaban J connectivity index is 2.34. The minimum Gasteiger partial charge on any atom is -0.366 e. The molecule has 1 saturated heterocycles. The minimum absolute atomic E-state index is 0.0858. The van der Waals surface area contributed by atoms with Crippen LogP contribution in [0.2, 0.25) is 0 Å². The van der Waals surface area contributed by atoms with Gasteiger partial charge in [0, 0.05) is 30.5 Å². The van der Waals surface area contributed by atoms with Crippen molar-refractivity contribution in [3.05, 3.63) is 18.5 Å². The quantitative estimate of drug-likeness (QED) is 0.826. The minimum atomic E-state index is -3.40. The molecule has 0 bridgehead atoms. The van der Waals surface area contributed by atoms with Crippen molar-refractivity contribution in [3.8, 4) is 0 Å². The Labute approximate surface area is 102 Å². The molecule has 2 heterocycles. The van der Waals surface area contributed by atoms with Crippen LogP contribution >= 0.6 is 0 Å². The van der Waals surface area contributed by atoms with E-state index in [4.69, 9.17) is 5.73 Å². The van der Waals surface area contributed by atoms with Crippen molar-refractivity contribution < 1.29 is 8.42 Å². The van der Waals surface area contributed by atoms with Gasteiger partial charge < -0.3 is 10.7 Å². The van der Waals surface area contributed by atoms with Crippen LogP contribution in [0, 0.1) is 0 Å². The van der Waals surface area contributed by atoms with Crippen LogP contribution < -0.4 is 5.73 Å². The third-order valence-corrected chi connectivity index (χ3v) is 5.40. The zero-order valence-electron chi connectivity index (χ0n) is 10.2. The van der Waals surface area contributed by atoms with Gasteiger partial charge in [0.1, 0.15) is 0 Å². The van der Waals surface area contributed by atoms with Gasteiger partial charge in [-0.25, -0.2) is 8.42 Å². The molecule has 0 aromatic carbocycles. The third-order valence-electron chi connectivity index (χ3n) is 3.30. The van der Waals surface area contributed by atoms with Crippen molar-refractivity contribution in [2.75, 3.05) is 6.54 Å². The van der Waals surface area contributed by atoms with Gasteiger partial charge in [-0.3, -0.25) is 0 Å². The molecule has 2 rings (SSSR count). The first-order valence-electron chi connectivity index (χ1n) is 5.75. The second-order valence-corrected chi connectivity index (χ2v) is 7.05. The smallest absolute Gasteiger partial charge is 0.245 e. The Morgan fingerprint density at radius 2 is 2.24 bits per heavy atom. The highest BCUT2D eigenvalue weighted by molar-refractivity contribution is 7.89. The second kappa shape index (κ2) is 4.12. The average Bonchev–Trinajstić information content (AvgIpc) is 2.67. The number of aromatic amines is 1. The molecular formula is C11H19N3O2S. The first-order chi connectivity index (χ1) is 7.84. The summed E-state index contributed by atoms with van der Waals surface area (Å²) in [6.07, 6.45) is 4.54. The molecule has 1 aliphatic rings. The largest absolute Gasteiger partial charge is 0.366 e. The lowest BCUT2D eigenvalue weighted by Crippen LogP contribution is -2.55. The monoisotopic (exact) mass is 257 g/mol. The van der Waals surface area contributed by atoms with Crippen molar-refractivity contribution in [1.82, 2.24) is 9.29 Å². The summed E-state index contributed by atoms with van der Waals surface area (Å²) in [7, 11) is -3.40. The van der Waals surface area contributed by atoms with E-state index in [0.29, 0.717) is 24.3 Å². The van der Waals surface area contributed by atoms with Gasteiger partial charge in [-0.15, -0.1) is 0 Å². The number of rotatable bonds is 2. The van der Waals surface area contributed by atoms with E-state index in [2.05, 4.69) is 4.98 Å². The highest BCUT2D eigenvalue weighted by atomic mass is 32.2. The Bertz CT molecular complexity index is 479. The number of hydrogen-bond donors (Lipinski definition) is 2. The van der Waals surface area contributed by atoms with E-state index in [1.807, 2.05) is 13.8 Å². The van der Waals surface area contributed by atoms with Gasteiger partial charge in [0.05, 0.1) is 4.90 Å². The van der Waals surface area contributed by atoms with E-state index in [9.17, 15) is 8.42 Å². The van der Waals surface area contributed by atoms with Gasteiger partial charge >= 0.3 is 0 Å². The molecule has 0 spiro atoms. The molecule has 0 saturated carbocycles. The summed E-state index contributed by atoms with van der Waals surface area (Å²) in [5.41, 5.74) is 5.48. The van der Waals surface area contributed by atoms with Gasteiger partial charge in [0.25, 0.3) is 0 Å². The van der Waals surface area contributed by atoms with E-state index < -0.39 is 15.6 Å². The Hall–Kier alpha value is -0.850. The van der Waals surface area contributed by atoms with Gasteiger partial charge in [-0.05, 0) is 32.8 Å². The predicted molar refractivity (Wildman–Crippen MR) is 66.0 cm³/mol. The van der Waals surface area contributed by atoms with Crippen LogP contribution in [-0.2, 0) is 10.0 Å². The number of H-pyrrole nitrogens is 1. The fourth-order valence-electron chi connectivity index (χ4n) is 2.47. The third kappa shape index (κ3) is 2.25. The molecule has 5 nitrogen and oxygen atoms in total. The summed E-state index contributed by atoms with van der Waals surface area (Å²) >= 11 is 0. The van der Waals surface area contributed by atoms with Crippen molar-refractivity contribution in [3.63, 3.8) is 0 Å². The van der Waals surface area contributed by atoms with Gasteiger partial charge in [0.15, 0.2) is 0 Å². The molecule has 0 amide bonds. The molecule has 17 heavy (non-hydrogen) atoms. The summed E-state index contributed by atoms with van der Waals surface area (Å²) in [6.45, 7) is 4.34. The van der Waals surface area contributed by atoms with E-state index in [1.165, 1.54) is 6.20 Å². The number of hydrogen-bond acceptors (Lipinski definition) is 3. The van der Waals surface area contributed by atoms with Gasteiger partial charge in [-0.1, -0.05) is 0 Å². The van der Waals surface area contributed by atoms with Crippen LogP contribution in [0.1, 0.15) is 26.7 Å². The van der Waals surface area contributed by atoms with Crippen LogP contribution in [-0.4, -0.2) is 35.8 Å². The summed E-state index contributed by atoms with van der Waals surface area (Å²) in [5, 5.41) is 0. The lowest BCUT2D eigenvalue weighted by atomic mass is 9.90. The Morgan fingerprint density at radius 3 is 2.76 bits per heavy atom. The number of nitrogens with zero attached hydrogens (tertiary/aromatic N) is 1. The first-order valence-corrected chi connectivity index (χ1v) is 7.19. The molecule has 1 aromatic rings. The number of nitrogens with one attached hydrogen (secondary N) is 1. The highest BCUT2D eigenvalue weighted by Gasteiger charge is 2.41. The van der Waals surface area contributed by atoms with Crippen molar-refractivity contribution in [2.24, 2.45) is 5.73 Å². The number of aromatic nitrogens is 1. The van der Waals surface area contributed by atoms with Crippen LogP contribution in [0.25, 0.3) is 0 Å². The molecule has 1 aromatic heterocycles. The number of piperidine rings is 1. The zero-order chi connectivity index (χ0) is 12.7. The van der Waals surface area contributed by atoms with Crippen LogP contribution in [0.5, 0.6) is 0 Å². The lowest BCUT2D eigenvalue weighted by molar-refractivity contribution is 0.154. The van der Waals surface area contributed by atoms with E-state index in [-0.39, 0.29) is 6.04 Å². The van der Waals surface area contributed by atoms with Crippen molar-refractivity contribution in [2.45, 2.75) is 43.2 Å². The maximum atomic E-state index is 12.4. The topological polar surface area (TPSA) is 79.2 Å². The number of nitrogens with two attached hydrogens (primary N) is 1. The average molecular weight is 257 g/mol. The molecule has 1 unspecified atom stereocenters. The fourth-order valence-corrected chi connectivity index (χ4v) is 4.26. The standard InChI is InChI=1S/C11H19N3O2S/c1-11(2)7-9(12)4-6-14(11)17(15,16)10-3-5-13-8-10/h3,5,8-9,13H,4,6-7,12H2,1-2H3. The molecule has 1 fully saturated rings. The Kier molecular flexibility index (Phi) is 3.05. The van der Waals surface area contributed by atoms with Crippen LogP contribution in [0.3, 0.4) is 0 Å². The summed E-state index contributed by atoms with van der Waals surface area (Å²) in [4.78, 5) is 3.10. The van der Waals surface area contributed by atoms with E-state index >= 15 is 0 Å². The van der Waals surface area contributed by atoms with Crippen LogP contribution in [0.4, 0.5) is 0 Å². The maximum absolute atomic E-state index is 12.4. The molecule has 0 radical (unpaired) electrons. The highest BCUT2D eigenvalue weighted by Crippen LogP contribution is 2.32. The Morgan fingerprint density at radius 1 is 1.53 bits per heavy atom. The second-order valence-electron chi connectivity index (χ2n) is 5.19. The first kappa shape index (κ1) is 12.6. The molecule has 1 atom stereocenters.